The first-order chi connectivity index (χ1) is 15.5. The third kappa shape index (κ3) is 7.56. The Kier molecular flexibility index (Phi) is 9.40. The smallest absolute Gasteiger partial charge is 0.244 e. The number of aryl methyl sites for hydroxylation is 1. The molecule has 0 fully saturated rings. The minimum atomic E-state index is -3.78. The highest BCUT2D eigenvalue weighted by Gasteiger charge is 2.30. The van der Waals surface area contributed by atoms with Gasteiger partial charge in [0, 0.05) is 13.1 Å². The highest BCUT2D eigenvalue weighted by molar-refractivity contribution is 7.92. The van der Waals surface area contributed by atoms with E-state index in [2.05, 4.69) is 5.32 Å². The van der Waals surface area contributed by atoms with Crippen LogP contribution in [0.25, 0.3) is 0 Å². The summed E-state index contributed by atoms with van der Waals surface area (Å²) in [7, 11) is -3.78. The van der Waals surface area contributed by atoms with Crippen LogP contribution in [0.2, 0.25) is 0 Å². The van der Waals surface area contributed by atoms with Crippen LogP contribution in [-0.2, 0) is 26.2 Å². The number of hydrogen-bond acceptors (Lipinski definition) is 4. The number of carbonyl (C=O) groups is 2. The number of halogens is 1. The molecule has 0 aliphatic rings. The van der Waals surface area contributed by atoms with E-state index >= 15 is 0 Å². The number of nitrogens with one attached hydrogen (secondary N) is 1. The maximum atomic E-state index is 13.4. The average Bonchev–Trinajstić information content (AvgIpc) is 2.76. The van der Waals surface area contributed by atoms with Crippen molar-refractivity contribution in [1.82, 2.24) is 10.2 Å². The molecule has 33 heavy (non-hydrogen) atoms. The molecule has 0 bridgehead atoms. The van der Waals surface area contributed by atoms with E-state index in [4.69, 9.17) is 0 Å². The van der Waals surface area contributed by atoms with Gasteiger partial charge in [-0.25, -0.2) is 12.8 Å². The van der Waals surface area contributed by atoms with Crippen LogP contribution in [0.1, 0.15) is 37.8 Å². The van der Waals surface area contributed by atoms with Crippen LogP contribution < -0.4 is 9.62 Å². The molecule has 1 N–H and O–H groups in total. The lowest BCUT2D eigenvalue weighted by Crippen LogP contribution is -2.51. The van der Waals surface area contributed by atoms with E-state index in [1.165, 1.54) is 29.2 Å². The van der Waals surface area contributed by atoms with Crippen molar-refractivity contribution < 1.29 is 22.4 Å². The van der Waals surface area contributed by atoms with Gasteiger partial charge in [0.2, 0.25) is 21.8 Å². The lowest BCUT2D eigenvalue weighted by atomic mass is 10.1. The predicted octanol–water partition coefficient (Wildman–Crippen LogP) is 3.23. The summed E-state index contributed by atoms with van der Waals surface area (Å²) in [4.78, 5) is 27.4. The van der Waals surface area contributed by atoms with E-state index in [0.29, 0.717) is 23.4 Å². The minimum absolute atomic E-state index is 0.0346. The highest BCUT2D eigenvalue weighted by Crippen LogP contribution is 2.23. The molecule has 0 aromatic heterocycles. The van der Waals surface area contributed by atoms with Crippen LogP contribution >= 0.6 is 0 Å². The fourth-order valence-corrected chi connectivity index (χ4v) is 4.25. The Morgan fingerprint density at radius 3 is 2.30 bits per heavy atom. The van der Waals surface area contributed by atoms with Crippen molar-refractivity contribution in [1.29, 1.82) is 0 Å². The van der Waals surface area contributed by atoms with E-state index in [9.17, 15) is 22.4 Å². The largest absolute Gasteiger partial charge is 0.354 e. The standard InChI is InChI=1S/C24H32FN3O4S/c1-5-6-15-26-24(30)19(3)27(16-20-11-13-21(25)14-12-20)23(29)17-28(33(4,31)32)22-10-8-7-9-18(22)2/h7-14,19H,5-6,15-17H2,1-4H3,(H,26,30). The summed E-state index contributed by atoms with van der Waals surface area (Å²) in [5.41, 5.74) is 1.72. The van der Waals surface area contributed by atoms with Gasteiger partial charge in [-0.3, -0.25) is 13.9 Å². The summed E-state index contributed by atoms with van der Waals surface area (Å²) in [6.45, 7) is 5.42. The number of unbranched alkanes of at least 4 members (excludes halogenated alkanes) is 1. The fourth-order valence-electron chi connectivity index (χ4n) is 3.34. The van der Waals surface area contributed by atoms with Crippen molar-refractivity contribution in [2.75, 3.05) is 23.7 Å². The van der Waals surface area contributed by atoms with Gasteiger partial charge in [0.25, 0.3) is 0 Å². The molecule has 1 atom stereocenters. The number of carbonyl (C=O) groups excluding carboxylic acids is 2. The van der Waals surface area contributed by atoms with Crippen LogP contribution in [0.5, 0.6) is 0 Å². The van der Waals surface area contributed by atoms with Gasteiger partial charge in [-0.05, 0) is 49.6 Å². The third-order valence-corrected chi connectivity index (χ3v) is 6.45. The second-order valence-corrected chi connectivity index (χ2v) is 9.93. The summed E-state index contributed by atoms with van der Waals surface area (Å²) in [6.07, 6.45) is 2.75. The van der Waals surface area contributed by atoms with Crippen molar-refractivity contribution in [2.24, 2.45) is 0 Å². The second kappa shape index (κ2) is 11.8. The molecule has 2 aromatic rings. The minimum Gasteiger partial charge on any atom is -0.354 e. The molecular formula is C24H32FN3O4S. The average molecular weight is 478 g/mol. The number of sulfonamides is 1. The molecule has 7 nitrogen and oxygen atoms in total. The first-order valence-electron chi connectivity index (χ1n) is 10.9. The molecule has 0 radical (unpaired) electrons. The number of rotatable bonds is 11. The zero-order valence-electron chi connectivity index (χ0n) is 19.5. The van der Waals surface area contributed by atoms with Crippen molar-refractivity contribution in [2.45, 2.75) is 46.2 Å². The molecule has 0 saturated heterocycles. The Labute approximate surface area is 195 Å². The number of para-hydroxylation sites is 1. The van der Waals surface area contributed by atoms with Gasteiger partial charge in [-0.15, -0.1) is 0 Å². The number of nitrogens with zero attached hydrogens (tertiary/aromatic N) is 2. The Hall–Kier alpha value is -2.94. The maximum Gasteiger partial charge on any atom is 0.244 e. The van der Waals surface area contributed by atoms with Crippen LogP contribution in [0, 0.1) is 12.7 Å². The van der Waals surface area contributed by atoms with Crippen molar-refractivity contribution in [3.63, 3.8) is 0 Å². The summed E-state index contributed by atoms with van der Waals surface area (Å²) in [5.74, 6) is -1.28. The molecule has 0 saturated carbocycles. The molecule has 0 aliphatic carbocycles. The molecule has 0 aliphatic heterocycles. The number of anilines is 1. The first kappa shape index (κ1) is 26.3. The van der Waals surface area contributed by atoms with Gasteiger partial charge < -0.3 is 10.2 Å². The summed E-state index contributed by atoms with van der Waals surface area (Å²) in [5, 5.41) is 2.81. The fraction of sp³-hybridized carbons (Fsp3) is 0.417. The second-order valence-electron chi connectivity index (χ2n) is 8.02. The Balaban J connectivity index is 2.34. The van der Waals surface area contributed by atoms with E-state index in [0.717, 1.165) is 23.4 Å². The normalized spacial score (nSPS) is 12.2. The van der Waals surface area contributed by atoms with Crippen molar-refractivity contribution in [3.8, 4) is 0 Å². The topological polar surface area (TPSA) is 86.8 Å². The molecule has 2 aromatic carbocycles. The van der Waals surface area contributed by atoms with Crippen LogP contribution in [-0.4, -0.2) is 50.5 Å². The monoisotopic (exact) mass is 477 g/mol. The first-order valence-corrected chi connectivity index (χ1v) is 12.7. The Morgan fingerprint density at radius 2 is 1.73 bits per heavy atom. The van der Waals surface area contributed by atoms with Crippen LogP contribution in [0.3, 0.4) is 0 Å². The van der Waals surface area contributed by atoms with Crippen molar-refractivity contribution in [3.05, 3.63) is 65.5 Å². The zero-order chi connectivity index (χ0) is 24.6. The molecule has 9 heteroatoms. The number of benzene rings is 2. The maximum absolute atomic E-state index is 13.4. The summed E-state index contributed by atoms with van der Waals surface area (Å²) >= 11 is 0. The van der Waals surface area contributed by atoms with Gasteiger partial charge in [0.05, 0.1) is 11.9 Å². The van der Waals surface area contributed by atoms with Crippen molar-refractivity contribution >= 4 is 27.5 Å². The Bertz CT molecular complexity index is 1060. The molecule has 2 rings (SSSR count). The number of hydrogen-bond donors (Lipinski definition) is 1. The van der Waals surface area contributed by atoms with Crippen LogP contribution in [0.15, 0.2) is 48.5 Å². The van der Waals surface area contributed by atoms with E-state index in [1.807, 2.05) is 6.92 Å². The van der Waals surface area contributed by atoms with E-state index in [1.54, 1.807) is 38.1 Å². The number of amides is 2. The highest BCUT2D eigenvalue weighted by atomic mass is 32.2. The summed E-state index contributed by atoms with van der Waals surface area (Å²) < 4.78 is 39.5. The van der Waals surface area contributed by atoms with Crippen LogP contribution in [0.4, 0.5) is 10.1 Å². The van der Waals surface area contributed by atoms with E-state index in [-0.39, 0.29) is 12.5 Å². The van der Waals surface area contributed by atoms with Gasteiger partial charge in [0.15, 0.2) is 0 Å². The lowest BCUT2D eigenvalue weighted by molar-refractivity contribution is -0.139. The zero-order valence-corrected chi connectivity index (χ0v) is 20.4. The van der Waals surface area contributed by atoms with Gasteiger partial charge in [-0.2, -0.15) is 0 Å². The molecular weight excluding hydrogens is 445 g/mol. The Morgan fingerprint density at radius 1 is 1.09 bits per heavy atom. The summed E-state index contributed by atoms with van der Waals surface area (Å²) in [6, 6.07) is 11.7. The molecule has 2 amide bonds. The van der Waals surface area contributed by atoms with Gasteiger partial charge in [0.1, 0.15) is 18.4 Å². The van der Waals surface area contributed by atoms with E-state index < -0.39 is 34.3 Å². The van der Waals surface area contributed by atoms with Gasteiger partial charge >= 0.3 is 0 Å². The van der Waals surface area contributed by atoms with Gasteiger partial charge in [-0.1, -0.05) is 43.7 Å². The quantitative estimate of drug-likeness (QED) is 0.504. The molecule has 0 heterocycles. The SMILES string of the molecule is CCCCNC(=O)C(C)N(Cc1ccc(F)cc1)C(=O)CN(c1ccccc1C)S(C)(=O)=O. The third-order valence-electron chi connectivity index (χ3n) is 5.33. The molecule has 0 spiro atoms. The lowest BCUT2D eigenvalue weighted by Gasteiger charge is -2.32. The predicted molar refractivity (Wildman–Crippen MR) is 128 cm³/mol. The molecule has 1 unspecified atom stereocenters. The molecule has 180 valence electrons.